The molecule has 5 nitrogen and oxygen atoms in total. The number of quaternary nitrogens is 1. The summed E-state index contributed by atoms with van der Waals surface area (Å²) in [4.78, 5) is 11.0. The zero-order valence-corrected chi connectivity index (χ0v) is 13.0. The molecule has 0 aromatic heterocycles. The van der Waals surface area contributed by atoms with Gasteiger partial charge >= 0.3 is 0 Å². The monoisotopic (exact) mass is 283 g/mol. The smallest absolute Gasteiger partial charge is 0.267 e. The van der Waals surface area contributed by atoms with E-state index in [2.05, 4.69) is 21.7 Å². The van der Waals surface area contributed by atoms with E-state index in [-0.39, 0.29) is 13.2 Å². The predicted molar refractivity (Wildman–Crippen MR) is 72.0 cm³/mol. The Hall–Kier alpha value is 0.0700. The Balaban J connectivity index is 0. The number of rotatable bonds is 10. The maximum atomic E-state index is 11.0. The molecular weight excluding hydrogens is 253 g/mol. The number of hydrogen-bond donors (Lipinski definition) is 1. The fraction of sp³-hybridized carbons (Fsp3) is 1.00. The molecule has 112 valence electrons. The maximum absolute atomic E-state index is 11.0. The third-order valence-corrected chi connectivity index (χ3v) is 3.10. The summed E-state index contributed by atoms with van der Waals surface area (Å²) < 4.78 is 20.2. The number of hydrogen-bond acceptors (Lipinski definition) is 4. The van der Waals surface area contributed by atoms with Gasteiger partial charge in [-0.2, -0.15) is 0 Å². The Kier molecular flexibility index (Phi) is 17.1. The molecule has 0 heterocycles. The van der Waals surface area contributed by atoms with E-state index in [1.807, 2.05) is 13.8 Å². The molecule has 0 saturated heterocycles. The molecule has 0 unspecified atom stereocenters. The zero-order chi connectivity index (χ0) is 14.3. The molecular formula is C12H30NO4P. The van der Waals surface area contributed by atoms with Crippen LogP contribution in [0.3, 0.4) is 0 Å². The lowest BCUT2D eigenvalue weighted by Crippen LogP contribution is -2.49. The minimum atomic E-state index is -4.00. The van der Waals surface area contributed by atoms with Gasteiger partial charge in [0.2, 0.25) is 0 Å². The Morgan fingerprint density at radius 3 is 1.56 bits per heavy atom. The molecule has 0 aliphatic carbocycles. The Labute approximate surface area is 112 Å². The van der Waals surface area contributed by atoms with Gasteiger partial charge in [-0.1, -0.05) is 40.0 Å². The average molecular weight is 283 g/mol. The van der Waals surface area contributed by atoms with Crippen molar-refractivity contribution in [3.63, 3.8) is 0 Å². The Morgan fingerprint density at radius 1 is 0.944 bits per heavy atom. The first kappa shape index (κ1) is 20.4. The first-order valence-electron chi connectivity index (χ1n) is 6.93. The van der Waals surface area contributed by atoms with Crippen LogP contribution in [0.5, 0.6) is 0 Å². The summed E-state index contributed by atoms with van der Waals surface area (Å²) in [6.07, 6.45) is 5.86. The lowest BCUT2D eigenvalue weighted by atomic mass is 10.3. The normalized spacial score (nSPS) is 10.9. The second kappa shape index (κ2) is 15.1. The summed E-state index contributed by atoms with van der Waals surface area (Å²) in [5.74, 6) is 0. The van der Waals surface area contributed by atoms with Gasteiger partial charge in [0.05, 0.1) is 19.8 Å². The van der Waals surface area contributed by atoms with Crippen LogP contribution in [0.2, 0.25) is 0 Å². The highest BCUT2D eigenvalue weighted by molar-refractivity contribution is 7.45. The lowest BCUT2D eigenvalue weighted by Gasteiger charge is -2.22. The summed E-state index contributed by atoms with van der Waals surface area (Å²) in [7, 11) is -4.00. The van der Waals surface area contributed by atoms with Crippen molar-refractivity contribution in [2.24, 2.45) is 0 Å². The molecule has 0 spiro atoms. The molecule has 0 aliphatic heterocycles. The van der Waals surface area contributed by atoms with Crippen LogP contribution >= 0.6 is 7.82 Å². The van der Waals surface area contributed by atoms with Crippen molar-refractivity contribution in [2.75, 3.05) is 19.8 Å². The molecule has 0 rings (SSSR count). The van der Waals surface area contributed by atoms with Gasteiger partial charge in [0.25, 0.3) is 7.82 Å². The summed E-state index contributed by atoms with van der Waals surface area (Å²) in [5, 5.41) is 0. The molecule has 0 aromatic carbocycles. The van der Waals surface area contributed by atoms with Crippen LogP contribution in [0.1, 0.15) is 59.3 Å². The molecule has 0 atom stereocenters. The molecule has 18 heavy (non-hydrogen) atoms. The maximum Gasteiger partial charge on any atom is 0.267 e. The summed E-state index contributed by atoms with van der Waals surface area (Å²) in [5.41, 5.74) is 3.68. The van der Waals surface area contributed by atoms with Gasteiger partial charge in [-0.15, -0.1) is 0 Å². The lowest BCUT2D eigenvalue weighted by molar-refractivity contribution is -0.368. The molecule has 0 radical (unpaired) electrons. The van der Waals surface area contributed by atoms with Crippen molar-refractivity contribution < 1.29 is 24.2 Å². The van der Waals surface area contributed by atoms with Crippen molar-refractivity contribution in [1.29, 1.82) is 0 Å². The molecule has 0 saturated carbocycles. The van der Waals surface area contributed by atoms with Gasteiger partial charge < -0.3 is 19.7 Å². The highest BCUT2D eigenvalue weighted by Gasteiger charge is 2.07. The van der Waals surface area contributed by atoms with Crippen LogP contribution in [-0.2, 0) is 13.6 Å². The topological polar surface area (TPSA) is 86.2 Å². The van der Waals surface area contributed by atoms with Gasteiger partial charge in [-0.25, -0.2) is 0 Å². The largest absolute Gasteiger partial charge is 0.756 e. The molecule has 0 bridgehead atoms. The van der Waals surface area contributed by atoms with Crippen LogP contribution in [-0.4, -0.2) is 19.8 Å². The summed E-state index contributed by atoms with van der Waals surface area (Å²) in [6, 6.07) is 0. The molecule has 3 N–H and O–H groups in total. The average Bonchev–Trinajstić information content (AvgIpc) is 2.31. The van der Waals surface area contributed by atoms with Gasteiger partial charge in [-0.3, -0.25) is 4.57 Å². The van der Waals surface area contributed by atoms with Crippen LogP contribution in [0.15, 0.2) is 0 Å². The number of phosphoric acid groups is 1. The minimum Gasteiger partial charge on any atom is -0.756 e. The highest BCUT2D eigenvalue weighted by atomic mass is 31.2. The van der Waals surface area contributed by atoms with Gasteiger partial charge in [0, 0.05) is 0 Å². The number of unbranched alkanes of at least 4 members (excludes halogenated alkanes) is 3. The molecule has 6 heteroatoms. The summed E-state index contributed by atoms with van der Waals surface area (Å²) >= 11 is 0. The molecule has 0 amide bonds. The van der Waals surface area contributed by atoms with E-state index < -0.39 is 7.82 Å². The standard InChI is InChI=1S/C8H19O4P.C4H11N/c1-3-5-7-11-13(9,10)12-8-6-4-2;1-2-3-4-5/h3-8H2,1-2H3,(H,9,10);2-5H2,1H3. The second-order valence-corrected chi connectivity index (χ2v) is 5.44. The van der Waals surface area contributed by atoms with Crippen LogP contribution < -0.4 is 10.6 Å². The fourth-order valence-electron chi connectivity index (χ4n) is 0.929. The van der Waals surface area contributed by atoms with E-state index in [1.54, 1.807) is 0 Å². The first-order chi connectivity index (χ1) is 8.54. The third-order valence-electron chi connectivity index (χ3n) is 2.10. The SMILES string of the molecule is CCCCOP(=O)([O-])OCCCC.CCCC[NH3+]. The van der Waals surface area contributed by atoms with E-state index in [4.69, 9.17) is 0 Å². The Bertz CT molecular complexity index is 187. The van der Waals surface area contributed by atoms with Crippen molar-refractivity contribution in [2.45, 2.75) is 59.3 Å². The van der Waals surface area contributed by atoms with Gasteiger partial charge in [-0.05, 0) is 19.3 Å². The van der Waals surface area contributed by atoms with Crippen molar-refractivity contribution in [3.8, 4) is 0 Å². The molecule has 0 aromatic rings. The van der Waals surface area contributed by atoms with E-state index >= 15 is 0 Å². The van der Waals surface area contributed by atoms with Crippen molar-refractivity contribution in [1.82, 2.24) is 0 Å². The third kappa shape index (κ3) is 18.4. The minimum absolute atomic E-state index is 0.226. The quantitative estimate of drug-likeness (QED) is 0.491. The van der Waals surface area contributed by atoms with Gasteiger partial charge in [0.15, 0.2) is 0 Å². The van der Waals surface area contributed by atoms with Crippen LogP contribution in [0, 0.1) is 0 Å². The second-order valence-electron chi connectivity index (χ2n) is 4.03. The Morgan fingerprint density at radius 2 is 1.33 bits per heavy atom. The van der Waals surface area contributed by atoms with Crippen molar-refractivity contribution >= 4 is 7.82 Å². The highest BCUT2D eigenvalue weighted by Crippen LogP contribution is 2.38. The van der Waals surface area contributed by atoms with E-state index in [0.29, 0.717) is 0 Å². The van der Waals surface area contributed by atoms with Gasteiger partial charge in [0.1, 0.15) is 0 Å². The zero-order valence-electron chi connectivity index (χ0n) is 12.2. The predicted octanol–water partition coefficient (Wildman–Crippen LogP) is 2.12. The van der Waals surface area contributed by atoms with E-state index in [0.717, 1.165) is 32.2 Å². The fourth-order valence-corrected chi connectivity index (χ4v) is 1.71. The first-order valence-corrected chi connectivity index (χ1v) is 8.39. The summed E-state index contributed by atoms with van der Waals surface area (Å²) in [6.45, 7) is 7.66. The molecule has 0 aliphatic rings. The van der Waals surface area contributed by atoms with E-state index in [9.17, 15) is 9.46 Å². The van der Waals surface area contributed by atoms with E-state index in [1.165, 1.54) is 12.8 Å². The van der Waals surface area contributed by atoms with Crippen LogP contribution in [0.25, 0.3) is 0 Å². The molecule has 0 fully saturated rings. The van der Waals surface area contributed by atoms with Crippen LogP contribution in [0.4, 0.5) is 0 Å². The van der Waals surface area contributed by atoms with Crippen molar-refractivity contribution in [3.05, 3.63) is 0 Å². The number of phosphoric ester groups is 1.